The van der Waals surface area contributed by atoms with Crippen LogP contribution in [0.1, 0.15) is 20.1 Å². The van der Waals surface area contributed by atoms with Gasteiger partial charge in [-0.15, -0.1) is 11.3 Å². The third kappa shape index (κ3) is 3.26. The summed E-state index contributed by atoms with van der Waals surface area (Å²) < 4.78 is 0. The molecule has 0 spiro atoms. The molecule has 0 saturated heterocycles. The lowest BCUT2D eigenvalue weighted by Crippen LogP contribution is -2.19. The first-order chi connectivity index (χ1) is 9.10. The van der Waals surface area contributed by atoms with E-state index in [4.69, 9.17) is 5.73 Å². The van der Waals surface area contributed by atoms with Crippen LogP contribution in [0.2, 0.25) is 0 Å². The summed E-state index contributed by atoms with van der Waals surface area (Å²) in [5, 5.41) is 5.89. The molecule has 0 saturated carbocycles. The molecule has 4 N–H and O–H groups in total. The van der Waals surface area contributed by atoms with Crippen LogP contribution in [0.3, 0.4) is 0 Å². The lowest BCUT2D eigenvalue weighted by Gasteiger charge is -2.11. The number of thiophene rings is 1. The zero-order valence-corrected chi connectivity index (χ0v) is 11.8. The smallest absolute Gasteiger partial charge is 0.253 e. The highest BCUT2D eigenvalue weighted by Crippen LogP contribution is 2.22. The van der Waals surface area contributed by atoms with Gasteiger partial charge in [0.2, 0.25) is 0 Å². The van der Waals surface area contributed by atoms with Gasteiger partial charge < -0.3 is 16.4 Å². The van der Waals surface area contributed by atoms with E-state index in [0.29, 0.717) is 17.8 Å². The number of carbonyl (C=O) groups is 1. The van der Waals surface area contributed by atoms with Crippen molar-refractivity contribution >= 4 is 28.6 Å². The molecule has 1 aromatic heterocycles. The molecule has 0 aliphatic rings. The van der Waals surface area contributed by atoms with Gasteiger partial charge in [0.05, 0.1) is 5.56 Å². The minimum atomic E-state index is -0.120. The maximum absolute atomic E-state index is 11.8. The van der Waals surface area contributed by atoms with Crippen LogP contribution in [0.5, 0.6) is 0 Å². The summed E-state index contributed by atoms with van der Waals surface area (Å²) in [6.45, 7) is 2.76. The maximum Gasteiger partial charge on any atom is 0.253 e. The average Bonchev–Trinajstić information content (AvgIpc) is 2.81. The average molecular weight is 275 g/mol. The second-order valence-corrected chi connectivity index (χ2v) is 5.62. The zero-order chi connectivity index (χ0) is 13.8. The van der Waals surface area contributed by atoms with Gasteiger partial charge in [0, 0.05) is 34.7 Å². The Morgan fingerprint density at radius 2 is 2.11 bits per heavy atom. The highest BCUT2D eigenvalue weighted by molar-refractivity contribution is 7.11. The fraction of sp³-hybridized carbons (Fsp3) is 0.214. The number of benzene rings is 1. The van der Waals surface area contributed by atoms with Crippen molar-refractivity contribution in [2.24, 2.45) is 0 Å². The van der Waals surface area contributed by atoms with E-state index in [0.717, 1.165) is 5.69 Å². The van der Waals surface area contributed by atoms with Crippen molar-refractivity contribution in [3.63, 3.8) is 0 Å². The number of nitrogens with one attached hydrogen (secondary N) is 2. The van der Waals surface area contributed by atoms with Crippen molar-refractivity contribution in [3.05, 3.63) is 45.6 Å². The van der Waals surface area contributed by atoms with E-state index in [1.54, 1.807) is 36.6 Å². The molecule has 1 heterocycles. The Hall–Kier alpha value is -2.01. The second kappa shape index (κ2) is 5.75. The van der Waals surface area contributed by atoms with E-state index >= 15 is 0 Å². The molecule has 19 heavy (non-hydrogen) atoms. The minimum Gasteiger partial charge on any atom is -0.399 e. The molecule has 0 aliphatic heterocycles. The quantitative estimate of drug-likeness (QED) is 0.751. The Kier molecular flexibility index (Phi) is 4.06. The lowest BCUT2D eigenvalue weighted by molar-refractivity contribution is 0.0964. The van der Waals surface area contributed by atoms with Crippen molar-refractivity contribution in [3.8, 4) is 0 Å². The van der Waals surface area contributed by atoms with Gasteiger partial charge in [-0.3, -0.25) is 4.79 Å². The molecule has 2 rings (SSSR count). The fourth-order valence-corrected chi connectivity index (χ4v) is 2.63. The van der Waals surface area contributed by atoms with Gasteiger partial charge >= 0.3 is 0 Å². The van der Waals surface area contributed by atoms with Crippen LogP contribution < -0.4 is 16.4 Å². The van der Waals surface area contributed by atoms with Gasteiger partial charge in [-0.1, -0.05) is 0 Å². The van der Waals surface area contributed by atoms with Crippen LogP contribution in [-0.4, -0.2) is 13.0 Å². The van der Waals surface area contributed by atoms with Crippen LogP contribution in [-0.2, 0) is 6.54 Å². The molecule has 2 aromatic rings. The number of hydrogen-bond donors (Lipinski definition) is 3. The highest BCUT2D eigenvalue weighted by Gasteiger charge is 2.10. The monoisotopic (exact) mass is 275 g/mol. The fourth-order valence-electron chi connectivity index (χ4n) is 1.80. The predicted octanol–water partition coefficient (Wildman–Crippen LogP) is 2.61. The van der Waals surface area contributed by atoms with Gasteiger partial charge in [-0.05, 0) is 37.3 Å². The van der Waals surface area contributed by atoms with Crippen LogP contribution in [0, 0.1) is 6.92 Å². The molecule has 1 aromatic carbocycles. The van der Waals surface area contributed by atoms with Gasteiger partial charge in [0.1, 0.15) is 0 Å². The molecule has 1 amide bonds. The number of carbonyl (C=O) groups excluding carboxylic acids is 1. The van der Waals surface area contributed by atoms with E-state index < -0.39 is 0 Å². The van der Waals surface area contributed by atoms with Crippen molar-refractivity contribution in [1.29, 1.82) is 0 Å². The number of anilines is 2. The number of rotatable bonds is 4. The van der Waals surface area contributed by atoms with E-state index in [2.05, 4.69) is 29.7 Å². The third-order valence-corrected chi connectivity index (χ3v) is 3.77. The highest BCUT2D eigenvalue weighted by atomic mass is 32.1. The zero-order valence-electron chi connectivity index (χ0n) is 11.0. The predicted molar refractivity (Wildman–Crippen MR) is 80.6 cm³/mol. The first-order valence-electron chi connectivity index (χ1n) is 6.01. The molecule has 0 aliphatic carbocycles. The summed E-state index contributed by atoms with van der Waals surface area (Å²) in [7, 11) is 1.62. The topological polar surface area (TPSA) is 67.2 Å². The standard InChI is InChI=1S/C14H17N3OS/c1-9-3-5-11(19-9)8-17-13-7-10(15)4-6-12(13)14(18)16-2/h3-7,17H,8,15H2,1-2H3,(H,16,18). The normalized spacial score (nSPS) is 10.2. The number of nitrogens with two attached hydrogens (primary N) is 1. The molecule has 0 radical (unpaired) electrons. The van der Waals surface area contributed by atoms with E-state index in [1.165, 1.54) is 9.75 Å². The molecule has 0 bridgehead atoms. The number of amides is 1. The first-order valence-corrected chi connectivity index (χ1v) is 6.82. The van der Waals surface area contributed by atoms with Crippen molar-refractivity contribution < 1.29 is 4.79 Å². The summed E-state index contributed by atoms with van der Waals surface area (Å²) in [6.07, 6.45) is 0. The molecular formula is C14H17N3OS. The summed E-state index contributed by atoms with van der Waals surface area (Å²) >= 11 is 1.74. The second-order valence-electron chi connectivity index (χ2n) is 4.25. The molecule has 0 atom stereocenters. The molecule has 0 unspecified atom stereocenters. The van der Waals surface area contributed by atoms with Crippen molar-refractivity contribution in [1.82, 2.24) is 5.32 Å². The SMILES string of the molecule is CNC(=O)c1ccc(N)cc1NCc1ccc(C)s1. The lowest BCUT2D eigenvalue weighted by atomic mass is 10.1. The Morgan fingerprint density at radius 3 is 2.74 bits per heavy atom. The first kappa shape index (κ1) is 13.4. The van der Waals surface area contributed by atoms with Gasteiger partial charge in [0.25, 0.3) is 5.91 Å². The summed E-state index contributed by atoms with van der Waals surface area (Å²) in [4.78, 5) is 14.3. The summed E-state index contributed by atoms with van der Waals surface area (Å²) in [5.41, 5.74) is 7.77. The van der Waals surface area contributed by atoms with Crippen LogP contribution in [0.15, 0.2) is 30.3 Å². The Bertz CT molecular complexity index is 592. The van der Waals surface area contributed by atoms with Gasteiger partial charge in [-0.2, -0.15) is 0 Å². The van der Waals surface area contributed by atoms with Crippen LogP contribution >= 0.6 is 11.3 Å². The largest absolute Gasteiger partial charge is 0.399 e. The molecule has 100 valence electrons. The van der Waals surface area contributed by atoms with E-state index in [9.17, 15) is 4.79 Å². The van der Waals surface area contributed by atoms with Crippen molar-refractivity contribution in [2.45, 2.75) is 13.5 Å². The summed E-state index contributed by atoms with van der Waals surface area (Å²) in [6, 6.07) is 9.41. The number of nitrogen functional groups attached to an aromatic ring is 1. The molecule has 4 nitrogen and oxygen atoms in total. The maximum atomic E-state index is 11.8. The van der Waals surface area contributed by atoms with Crippen LogP contribution in [0.4, 0.5) is 11.4 Å². The molecule has 0 fully saturated rings. The Morgan fingerprint density at radius 1 is 1.32 bits per heavy atom. The molecular weight excluding hydrogens is 258 g/mol. The van der Waals surface area contributed by atoms with Crippen LogP contribution in [0.25, 0.3) is 0 Å². The number of aryl methyl sites for hydroxylation is 1. The van der Waals surface area contributed by atoms with Crippen molar-refractivity contribution in [2.75, 3.05) is 18.1 Å². The van der Waals surface area contributed by atoms with Gasteiger partial charge in [-0.25, -0.2) is 0 Å². The minimum absolute atomic E-state index is 0.120. The van der Waals surface area contributed by atoms with Gasteiger partial charge in [0.15, 0.2) is 0 Å². The van der Waals surface area contributed by atoms with E-state index in [-0.39, 0.29) is 5.91 Å². The van der Waals surface area contributed by atoms with E-state index in [1.807, 2.05) is 0 Å². The Balaban J connectivity index is 2.18. The Labute approximate surface area is 116 Å². The summed E-state index contributed by atoms with van der Waals surface area (Å²) in [5.74, 6) is -0.120. The third-order valence-electron chi connectivity index (χ3n) is 2.76. The number of hydrogen-bond acceptors (Lipinski definition) is 4. The molecule has 5 heteroatoms.